The Kier molecular flexibility index (Phi) is 7.49. The van der Waals surface area contributed by atoms with Gasteiger partial charge in [-0.2, -0.15) is 0 Å². The average molecular weight is 655 g/mol. The van der Waals surface area contributed by atoms with Crippen LogP contribution in [0.1, 0.15) is 50.9 Å². The van der Waals surface area contributed by atoms with Crippen molar-refractivity contribution in [3.63, 3.8) is 0 Å². The summed E-state index contributed by atoms with van der Waals surface area (Å²) in [7, 11) is 1.73. The third-order valence-corrected chi connectivity index (χ3v) is 11.2. The minimum atomic E-state index is 0.175. The minimum absolute atomic E-state index is 0.175. The molecule has 7 aromatic carbocycles. The Balaban J connectivity index is 1.59. The summed E-state index contributed by atoms with van der Waals surface area (Å²) in [4.78, 5) is 0. The van der Waals surface area contributed by atoms with Crippen LogP contribution in [0.4, 0.5) is 0 Å². The van der Waals surface area contributed by atoms with Gasteiger partial charge in [-0.1, -0.05) is 91.0 Å². The number of ether oxygens (including phenoxy) is 1. The highest BCUT2D eigenvalue weighted by atomic mass is 16.5. The molecule has 0 amide bonds. The summed E-state index contributed by atoms with van der Waals surface area (Å²) in [6.45, 7) is 12.2. The lowest BCUT2D eigenvalue weighted by Gasteiger charge is -2.25. The average Bonchev–Trinajstić information content (AvgIpc) is 3.12. The number of aromatic hydroxyl groups is 2. The van der Waals surface area contributed by atoms with Crippen LogP contribution in [0.5, 0.6) is 17.2 Å². The molecule has 0 fully saturated rings. The molecule has 0 unspecified atom stereocenters. The van der Waals surface area contributed by atoms with Gasteiger partial charge < -0.3 is 14.9 Å². The molecule has 0 saturated heterocycles. The number of benzene rings is 7. The third kappa shape index (κ3) is 4.64. The lowest BCUT2D eigenvalue weighted by Crippen LogP contribution is -2.00. The first-order valence-corrected chi connectivity index (χ1v) is 17.5. The summed E-state index contributed by atoms with van der Waals surface area (Å²) < 4.78 is 6.29. The molecule has 0 aliphatic heterocycles. The fraction of sp³-hybridized carbons (Fsp3) is 0.191. The summed E-state index contributed by atoms with van der Waals surface area (Å²) in [6.07, 6.45) is 6.58. The number of phenolic OH excluding ortho intramolecular Hbond substituents is 2. The molecule has 0 bridgehead atoms. The van der Waals surface area contributed by atoms with Crippen molar-refractivity contribution < 1.29 is 14.9 Å². The first-order chi connectivity index (χ1) is 24.1. The second kappa shape index (κ2) is 11.8. The zero-order valence-corrected chi connectivity index (χ0v) is 29.9. The number of rotatable bonds is 4. The molecule has 3 nitrogen and oxygen atoms in total. The van der Waals surface area contributed by atoms with Crippen LogP contribution in [0.25, 0.3) is 71.8 Å². The van der Waals surface area contributed by atoms with E-state index in [1.165, 1.54) is 27.8 Å². The van der Waals surface area contributed by atoms with E-state index in [0.29, 0.717) is 21.9 Å². The molecule has 2 N–H and O–H groups in total. The Morgan fingerprint density at radius 2 is 1.22 bits per heavy atom. The quantitative estimate of drug-likeness (QED) is 0.147. The number of hydrogen-bond donors (Lipinski definition) is 2. The molecule has 0 spiro atoms. The van der Waals surface area contributed by atoms with Gasteiger partial charge in [0.05, 0.1) is 7.11 Å². The first-order valence-electron chi connectivity index (χ1n) is 17.5. The van der Waals surface area contributed by atoms with Crippen LogP contribution >= 0.6 is 0 Å². The molecule has 0 saturated carbocycles. The van der Waals surface area contributed by atoms with E-state index < -0.39 is 0 Å². The number of allylic oxidation sites excluding steroid dienone is 1. The lowest BCUT2D eigenvalue weighted by molar-refractivity contribution is 0.417. The second-order valence-electron chi connectivity index (χ2n) is 14.1. The lowest BCUT2D eigenvalue weighted by atomic mass is 9.79. The van der Waals surface area contributed by atoms with Gasteiger partial charge in [0.15, 0.2) is 0 Å². The smallest absolute Gasteiger partial charge is 0.130 e. The molecule has 0 atom stereocenters. The Morgan fingerprint density at radius 3 is 1.92 bits per heavy atom. The third-order valence-electron chi connectivity index (χ3n) is 11.2. The van der Waals surface area contributed by atoms with Gasteiger partial charge in [-0.25, -0.2) is 0 Å². The monoisotopic (exact) mass is 654 g/mol. The van der Waals surface area contributed by atoms with Crippen molar-refractivity contribution in [3.05, 3.63) is 129 Å². The van der Waals surface area contributed by atoms with Gasteiger partial charge in [-0.3, -0.25) is 0 Å². The Morgan fingerprint density at radius 1 is 0.560 bits per heavy atom. The van der Waals surface area contributed by atoms with Crippen molar-refractivity contribution in [1.29, 1.82) is 0 Å². The van der Waals surface area contributed by atoms with E-state index in [-0.39, 0.29) is 11.5 Å². The van der Waals surface area contributed by atoms with E-state index in [1.54, 1.807) is 7.11 Å². The van der Waals surface area contributed by atoms with E-state index in [4.69, 9.17) is 4.74 Å². The molecule has 0 heterocycles. The predicted molar refractivity (Wildman–Crippen MR) is 211 cm³/mol. The largest absolute Gasteiger partial charge is 0.507 e. The molecule has 50 heavy (non-hydrogen) atoms. The highest BCUT2D eigenvalue weighted by molar-refractivity contribution is 6.29. The SMILES string of the molecule is COc1c(C)cc(C)c2c(-c3ccc(C)c(C)c3)c3c(O)c(C)c(C)c(O)c3c(-c3cccc4c(-c5ccc6c(c5)CCC=C6)cccc34)c12. The van der Waals surface area contributed by atoms with Gasteiger partial charge in [-0.15, -0.1) is 0 Å². The number of phenols is 2. The maximum Gasteiger partial charge on any atom is 0.130 e. The van der Waals surface area contributed by atoms with Crippen molar-refractivity contribution >= 4 is 38.4 Å². The maximum absolute atomic E-state index is 12.3. The molecule has 0 radical (unpaired) electrons. The molecule has 3 heteroatoms. The van der Waals surface area contributed by atoms with Crippen LogP contribution in [0, 0.1) is 41.5 Å². The number of hydrogen-bond acceptors (Lipinski definition) is 3. The van der Waals surface area contributed by atoms with Gasteiger partial charge in [0.2, 0.25) is 0 Å². The van der Waals surface area contributed by atoms with E-state index in [2.05, 4.69) is 119 Å². The fourth-order valence-corrected chi connectivity index (χ4v) is 8.33. The summed E-state index contributed by atoms with van der Waals surface area (Å²) in [5.74, 6) is 1.13. The molecule has 248 valence electrons. The topological polar surface area (TPSA) is 49.7 Å². The van der Waals surface area contributed by atoms with Crippen LogP contribution in [0.15, 0.2) is 84.9 Å². The zero-order chi connectivity index (χ0) is 35.0. The summed E-state index contributed by atoms with van der Waals surface area (Å²) in [5, 5.41) is 29.9. The highest BCUT2D eigenvalue weighted by Crippen LogP contribution is 2.56. The van der Waals surface area contributed by atoms with E-state index in [9.17, 15) is 10.2 Å². The summed E-state index contributed by atoms with van der Waals surface area (Å²) in [6, 6.07) is 28.4. The molecule has 0 aromatic heterocycles. The van der Waals surface area contributed by atoms with E-state index in [1.807, 2.05) is 13.8 Å². The highest BCUT2D eigenvalue weighted by Gasteiger charge is 2.29. The van der Waals surface area contributed by atoms with Gasteiger partial charge in [0, 0.05) is 27.3 Å². The minimum Gasteiger partial charge on any atom is -0.507 e. The summed E-state index contributed by atoms with van der Waals surface area (Å²) >= 11 is 0. The fourth-order valence-electron chi connectivity index (χ4n) is 8.33. The molecule has 7 aromatic rings. The van der Waals surface area contributed by atoms with Crippen molar-refractivity contribution in [2.45, 2.75) is 54.4 Å². The van der Waals surface area contributed by atoms with Crippen LogP contribution in [0.2, 0.25) is 0 Å². The molecule has 1 aliphatic rings. The van der Waals surface area contributed by atoms with Crippen molar-refractivity contribution in [2.75, 3.05) is 7.11 Å². The Labute approximate surface area is 294 Å². The number of methoxy groups -OCH3 is 1. The molecular formula is C47H42O3. The van der Waals surface area contributed by atoms with Gasteiger partial charge in [-0.05, 0) is 137 Å². The predicted octanol–water partition coefficient (Wildman–Crippen LogP) is 12.4. The standard InChI is InChI=1S/C47H42O3/c1-25-18-19-34(23-26(25)2)40-39-27(3)22-28(4)47(50-7)44(39)41(43-42(40)45(48)29(5)30(6)46(43)49)38-17-11-15-36-35(14-10-16-37(36)38)33-21-20-31-12-8-9-13-32(31)24-33/h8,10-12,14-24,48-49H,9,13H2,1-7H3. The second-order valence-corrected chi connectivity index (χ2v) is 14.1. The van der Waals surface area contributed by atoms with E-state index >= 15 is 0 Å². The van der Waals surface area contributed by atoms with Gasteiger partial charge >= 0.3 is 0 Å². The normalized spacial score (nSPS) is 12.6. The van der Waals surface area contributed by atoms with Gasteiger partial charge in [0.1, 0.15) is 17.2 Å². The zero-order valence-electron chi connectivity index (χ0n) is 29.9. The van der Waals surface area contributed by atoms with Crippen LogP contribution in [0.3, 0.4) is 0 Å². The maximum atomic E-state index is 12.3. The van der Waals surface area contributed by atoms with E-state index in [0.717, 1.165) is 79.1 Å². The number of fused-ring (bicyclic) bond motifs is 4. The molecule has 1 aliphatic carbocycles. The van der Waals surface area contributed by atoms with Crippen LogP contribution < -0.4 is 4.74 Å². The van der Waals surface area contributed by atoms with Crippen molar-refractivity contribution in [1.82, 2.24) is 0 Å². The molecular weight excluding hydrogens is 613 g/mol. The molecule has 8 rings (SSSR count). The Hall–Kier alpha value is -5.54. The summed E-state index contributed by atoms with van der Waals surface area (Å²) in [5.41, 5.74) is 14.5. The van der Waals surface area contributed by atoms with Gasteiger partial charge in [0.25, 0.3) is 0 Å². The van der Waals surface area contributed by atoms with Crippen LogP contribution in [-0.2, 0) is 6.42 Å². The van der Waals surface area contributed by atoms with Crippen LogP contribution in [-0.4, -0.2) is 17.3 Å². The number of aryl methyl sites for hydroxylation is 5. The van der Waals surface area contributed by atoms with Crippen molar-refractivity contribution in [2.24, 2.45) is 0 Å². The van der Waals surface area contributed by atoms with Crippen molar-refractivity contribution in [3.8, 4) is 50.6 Å². The first kappa shape index (κ1) is 31.7. The Bertz CT molecular complexity index is 2600.